The first-order valence-electron chi connectivity index (χ1n) is 9.24. The fourth-order valence-corrected chi connectivity index (χ4v) is 3.60. The average molecular weight is 370 g/mol. The molecule has 0 aromatic carbocycles. The van der Waals surface area contributed by atoms with Gasteiger partial charge in [0.05, 0.1) is 6.54 Å². The second-order valence-electron chi connectivity index (χ2n) is 7.47. The second-order valence-corrected chi connectivity index (χ2v) is 7.47. The van der Waals surface area contributed by atoms with Crippen molar-refractivity contribution in [2.24, 2.45) is 5.92 Å². The average Bonchev–Trinajstić information content (AvgIpc) is 3.41. The van der Waals surface area contributed by atoms with E-state index in [0.717, 1.165) is 6.54 Å². The Kier molecular flexibility index (Phi) is 4.65. The lowest BCUT2D eigenvalue weighted by Crippen LogP contribution is -2.55. The first kappa shape index (κ1) is 17.7. The molecule has 142 valence electrons. The van der Waals surface area contributed by atoms with E-state index in [1.54, 1.807) is 24.4 Å². The molecule has 0 spiro atoms. The van der Waals surface area contributed by atoms with Gasteiger partial charge in [0.2, 0.25) is 0 Å². The molecule has 2 N–H and O–H groups in total. The number of hydrogen-bond acceptors (Lipinski definition) is 5. The molecule has 2 aliphatic rings. The third kappa shape index (κ3) is 3.85. The van der Waals surface area contributed by atoms with Gasteiger partial charge in [-0.2, -0.15) is 0 Å². The lowest BCUT2D eigenvalue weighted by Gasteiger charge is -2.42. The number of rotatable bonds is 7. The van der Waals surface area contributed by atoms with Crippen molar-refractivity contribution >= 4 is 17.5 Å². The van der Waals surface area contributed by atoms with Gasteiger partial charge in [0.1, 0.15) is 11.2 Å². The topological polar surface area (TPSA) is 104 Å². The minimum atomic E-state index is -0.821. The number of amides is 1. The smallest absolute Gasteiger partial charge is 0.317 e. The molecule has 0 atom stereocenters. The molecular weight excluding hydrogens is 348 g/mol. The van der Waals surface area contributed by atoms with E-state index >= 15 is 0 Å². The van der Waals surface area contributed by atoms with E-state index in [0.29, 0.717) is 24.4 Å². The van der Waals surface area contributed by atoms with Crippen LogP contribution in [0.25, 0.3) is 5.65 Å². The number of aliphatic carboxylic acids is 1. The predicted octanol–water partition coefficient (Wildman–Crippen LogP) is 0.752. The number of nitrogens with zero attached hydrogens (tertiary/aromatic N) is 3. The van der Waals surface area contributed by atoms with E-state index in [1.807, 2.05) is 4.90 Å². The van der Waals surface area contributed by atoms with Crippen molar-refractivity contribution in [3.8, 4) is 0 Å². The van der Waals surface area contributed by atoms with Crippen molar-refractivity contribution in [2.45, 2.75) is 37.8 Å². The van der Waals surface area contributed by atoms with Crippen LogP contribution in [0.4, 0.5) is 0 Å². The maximum absolute atomic E-state index is 12.5. The van der Waals surface area contributed by atoms with Crippen molar-refractivity contribution in [2.75, 3.05) is 13.1 Å². The fraction of sp³-hybridized carbons (Fsp3) is 0.474. The Balaban J connectivity index is 1.38. The molecule has 8 heteroatoms. The van der Waals surface area contributed by atoms with Crippen LogP contribution in [0.3, 0.4) is 0 Å². The molecule has 0 unspecified atom stereocenters. The van der Waals surface area contributed by atoms with Gasteiger partial charge in [-0.1, -0.05) is 6.07 Å². The zero-order chi connectivity index (χ0) is 19.0. The number of carboxylic acid groups (broad SMARTS) is 1. The van der Waals surface area contributed by atoms with E-state index in [1.165, 1.54) is 23.4 Å². The van der Waals surface area contributed by atoms with E-state index in [9.17, 15) is 14.4 Å². The molecule has 2 saturated carbocycles. The standard InChI is InChI=1S/C19H22N4O4/c24-17(25)11-22(10-12-4-5-12)14-7-13(8-14)21-18(26)15-9-20-16-3-1-2-6-23(16)19(15)27/h1-3,6,9,12-14H,4-5,7-8,10-11H2,(H,21,26)(H,24,25). The van der Waals surface area contributed by atoms with Gasteiger partial charge in [-0.15, -0.1) is 0 Å². The number of nitrogens with one attached hydrogen (secondary N) is 1. The number of pyridine rings is 1. The molecule has 2 fully saturated rings. The predicted molar refractivity (Wildman–Crippen MR) is 97.7 cm³/mol. The Labute approximate surface area is 155 Å². The molecule has 2 aromatic heterocycles. The number of carbonyl (C=O) groups is 2. The van der Waals surface area contributed by atoms with E-state index < -0.39 is 17.4 Å². The van der Waals surface area contributed by atoms with Crippen LogP contribution in [-0.2, 0) is 4.79 Å². The van der Waals surface area contributed by atoms with E-state index in [4.69, 9.17) is 5.11 Å². The molecule has 1 amide bonds. The fourth-order valence-electron chi connectivity index (χ4n) is 3.60. The molecule has 2 aliphatic carbocycles. The zero-order valence-corrected chi connectivity index (χ0v) is 14.9. The van der Waals surface area contributed by atoms with Crippen molar-refractivity contribution in [3.05, 3.63) is 46.5 Å². The first-order valence-corrected chi connectivity index (χ1v) is 9.24. The van der Waals surface area contributed by atoms with Crippen LogP contribution in [0.1, 0.15) is 36.0 Å². The van der Waals surface area contributed by atoms with E-state index in [-0.39, 0.29) is 24.2 Å². The number of aromatic nitrogens is 2. The Bertz CT molecular complexity index is 931. The maximum atomic E-state index is 12.5. The summed E-state index contributed by atoms with van der Waals surface area (Å²) in [6.45, 7) is 0.853. The minimum absolute atomic E-state index is 0.0162. The highest BCUT2D eigenvalue weighted by Crippen LogP contribution is 2.33. The summed E-state index contributed by atoms with van der Waals surface area (Å²) < 4.78 is 1.35. The summed E-state index contributed by atoms with van der Waals surface area (Å²) in [5.74, 6) is -0.638. The molecule has 0 radical (unpaired) electrons. The number of carbonyl (C=O) groups excluding carboxylic acids is 1. The third-order valence-electron chi connectivity index (χ3n) is 5.35. The van der Waals surface area contributed by atoms with Gasteiger partial charge in [0.15, 0.2) is 0 Å². The Morgan fingerprint density at radius 2 is 2.07 bits per heavy atom. The third-order valence-corrected chi connectivity index (χ3v) is 5.35. The summed E-state index contributed by atoms with van der Waals surface area (Å²) in [6, 6.07) is 5.32. The SMILES string of the molecule is O=C(O)CN(CC1CC1)C1CC(NC(=O)c2cnc3ccccn3c2=O)C1. The van der Waals surface area contributed by atoms with Gasteiger partial charge < -0.3 is 10.4 Å². The van der Waals surface area contributed by atoms with Gasteiger partial charge >= 0.3 is 5.97 Å². The second kappa shape index (κ2) is 7.11. The molecule has 4 rings (SSSR count). The largest absolute Gasteiger partial charge is 0.480 e. The normalized spacial score (nSPS) is 21.8. The molecule has 2 heterocycles. The molecular formula is C19H22N4O4. The molecule has 2 aromatic rings. The highest BCUT2D eigenvalue weighted by molar-refractivity contribution is 5.94. The highest BCUT2D eigenvalue weighted by atomic mass is 16.4. The van der Waals surface area contributed by atoms with Gasteiger partial charge in [-0.25, -0.2) is 4.98 Å². The number of fused-ring (bicyclic) bond motifs is 1. The summed E-state index contributed by atoms with van der Waals surface area (Å²) in [5, 5.41) is 12.0. The van der Waals surface area contributed by atoms with Gasteiger partial charge in [0, 0.05) is 31.0 Å². The Morgan fingerprint density at radius 3 is 2.78 bits per heavy atom. The molecule has 0 bridgehead atoms. The van der Waals surface area contributed by atoms with Crippen molar-refractivity contribution in [1.82, 2.24) is 19.6 Å². The van der Waals surface area contributed by atoms with Crippen molar-refractivity contribution in [3.63, 3.8) is 0 Å². The summed E-state index contributed by atoms with van der Waals surface area (Å²) in [6.07, 6.45) is 6.64. The van der Waals surface area contributed by atoms with Gasteiger partial charge in [0.25, 0.3) is 11.5 Å². The lowest BCUT2D eigenvalue weighted by molar-refractivity contribution is -0.139. The number of hydrogen-bond donors (Lipinski definition) is 2. The van der Waals surface area contributed by atoms with Crippen LogP contribution in [0.5, 0.6) is 0 Å². The Hall–Kier alpha value is -2.74. The lowest BCUT2D eigenvalue weighted by atomic mass is 9.85. The minimum Gasteiger partial charge on any atom is -0.480 e. The quantitative estimate of drug-likeness (QED) is 0.745. The Morgan fingerprint density at radius 1 is 1.30 bits per heavy atom. The molecule has 8 nitrogen and oxygen atoms in total. The van der Waals surface area contributed by atoms with Crippen molar-refractivity contribution in [1.29, 1.82) is 0 Å². The maximum Gasteiger partial charge on any atom is 0.317 e. The van der Waals surface area contributed by atoms with E-state index in [2.05, 4.69) is 10.3 Å². The molecule has 0 aliphatic heterocycles. The van der Waals surface area contributed by atoms with Crippen LogP contribution in [-0.4, -0.2) is 56.4 Å². The summed E-state index contributed by atoms with van der Waals surface area (Å²) in [7, 11) is 0. The van der Waals surface area contributed by atoms with Crippen LogP contribution in [0.2, 0.25) is 0 Å². The summed E-state index contributed by atoms with van der Waals surface area (Å²) in [4.78, 5) is 42.2. The zero-order valence-electron chi connectivity index (χ0n) is 14.9. The van der Waals surface area contributed by atoms with Gasteiger partial charge in [-0.05, 0) is 43.7 Å². The monoisotopic (exact) mass is 370 g/mol. The van der Waals surface area contributed by atoms with Gasteiger partial charge in [-0.3, -0.25) is 23.7 Å². The summed E-state index contributed by atoms with van der Waals surface area (Å²) in [5.41, 5.74) is 0.116. The molecule has 0 saturated heterocycles. The first-order chi connectivity index (χ1) is 13.0. The highest BCUT2D eigenvalue weighted by Gasteiger charge is 2.38. The van der Waals surface area contributed by atoms with Crippen LogP contribution < -0.4 is 10.9 Å². The van der Waals surface area contributed by atoms with Crippen molar-refractivity contribution < 1.29 is 14.7 Å². The number of carboxylic acids is 1. The van der Waals surface area contributed by atoms with Crippen LogP contribution in [0, 0.1) is 5.92 Å². The van der Waals surface area contributed by atoms with Crippen LogP contribution in [0.15, 0.2) is 35.4 Å². The van der Waals surface area contributed by atoms with Crippen LogP contribution >= 0.6 is 0 Å². The molecule has 27 heavy (non-hydrogen) atoms. The summed E-state index contributed by atoms with van der Waals surface area (Å²) >= 11 is 0.